The van der Waals surface area contributed by atoms with E-state index in [9.17, 15) is 35.2 Å². The molecule has 0 N–H and O–H groups in total. The number of halogens is 5. The Hall–Kier alpha value is -1.09. The van der Waals surface area contributed by atoms with E-state index >= 15 is 0 Å². The van der Waals surface area contributed by atoms with Crippen LogP contribution in [0.4, 0.5) is 22.0 Å². The number of esters is 1. The molecule has 0 aliphatic heterocycles. The van der Waals surface area contributed by atoms with Crippen LogP contribution in [-0.4, -0.2) is 75.3 Å². The SMILES string of the molecule is CC(C)(C)CCS(=O)(=O)CCSCCOCCOCCSCCC(=O)Oc1c(F)c(F)c(F)c(F)c1F. The van der Waals surface area contributed by atoms with Gasteiger partial charge in [-0.25, -0.2) is 21.6 Å². The molecular weight excluding hydrogens is 563 g/mol. The van der Waals surface area contributed by atoms with Gasteiger partial charge in [0.2, 0.25) is 34.8 Å². The van der Waals surface area contributed by atoms with Gasteiger partial charge in [0, 0.05) is 23.0 Å². The summed E-state index contributed by atoms with van der Waals surface area (Å²) in [7, 11) is -3.04. The normalized spacial score (nSPS) is 12.2. The third-order valence-corrected chi connectivity index (χ3v) is 8.46. The summed E-state index contributed by atoms with van der Waals surface area (Å²) in [4.78, 5) is 11.7. The largest absolute Gasteiger partial charge is 0.420 e. The van der Waals surface area contributed by atoms with Gasteiger partial charge in [0.1, 0.15) is 0 Å². The van der Waals surface area contributed by atoms with Gasteiger partial charge in [0.15, 0.2) is 9.84 Å². The van der Waals surface area contributed by atoms with Crippen molar-refractivity contribution in [2.45, 2.75) is 33.6 Å². The molecule has 0 amide bonds. The number of rotatable bonds is 18. The summed E-state index contributed by atoms with van der Waals surface area (Å²) in [6, 6.07) is 0. The first-order chi connectivity index (χ1) is 17.2. The Morgan fingerprint density at radius 1 is 0.730 bits per heavy atom. The second-order valence-electron chi connectivity index (χ2n) is 9.04. The first-order valence-corrected chi connectivity index (χ1v) is 15.6. The molecule has 0 aliphatic carbocycles. The molecule has 0 heterocycles. The number of hydrogen-bond acceptors (Lipinski definition) is 8. The molecule has 214 valence electrons. The molecule has 0 saturated heterocycles. The lowest BCUT2D eigenvalue weighted by Crippen LogP contribution is -2.18. The van der Waals surface area contributed by atoms with Crippen LogP contribution < -0.4 is 4.74 Å². The number of thioether (sulfide) groups is 2. The highest BCUT2D eigenvalue weighted by Crippen LogP contribution is 2.29. The third kappa shape index (κ3) is 14.0. The fraction of sp³-hybridized carbons (Fsp3) is 0.696. The lowest BCUT2D eigenvalue weighted by atomic mass is 9.94. The van der Waals surface area contributed by atoms with E-state index in [1.807, 2.05) is 20.8 Å². The zero-order valence-corrected chi connectivity index (χ0v) is 23.5. The van der Waals surface area contributed by atoms with E-state index in [4.69, 9.17) is 9.47 Å². The lowest BCUT2D eigenvalue weighted by molar-refractivity contribution is -0.134. The van der Waals surface area contributed by atoms with E-state index in [1.54, 1.807) is 0 Å². The summed E-state index contributed by atoms with van der Waals surface area (Å²) in [6.07, 6.45) is 0.335. The molecule has 0 saturated carbocycles. The van der Waals surface area contributed by atoms with Crippen molar-refractivity contribution in [1.82, 2.24) is 0 Å². The third-order valence-electron chi connectivity index (χ3n) is 4.65. The number of hydrogen-bond donors (Lipinski definition) is 0. The highest BCUT2D eigenvalue weighted by molar-refractivity contribution is 8.00. The molecule has 37 heavy (non-hydrogen) atoms. The van der Waals surface area contributed by atoms with Crippen LogP contribution in [0.3, 0.4) is 0 Å². The Labute approximate surface area is 223 Å². The first kappa shape index (κ1) is 33.9. The molecule has 14 heteroatoms. The molecule has 0 aromatic heterocycles. The van der Waals surface area contributed by atoms with Crippen molar-refractivity contribution >= 4 is 39.3 Å². The standard InChI is InChI=1S/C23H33F5O6S3/c1-23(2,3)5-14-37(30,31)15-13-36-12-9-33-7-6-32-8-11-35-10-4-16(29)34-22-20(27)18(25)17(24)19(26)21(22)28/h4-15H2,1-3H3. The summed E-state index contributed by atoms with van der Waals surface area (Å²) < 4.78 is 105. The maximum absolute atomic E-state index is 13.5. The molecule has 6 nitrogen and oxygen atoms in total. The molecule has 1 rings (SSSR count). The predicted octanol–water partition coefficient (Wildman–Crippen LogP) is 5.03. The van der Waals surface area contributed by atoms with Gasteiger partial charge in [-0.05, 0) is 11.8 Å². The fourth-order valence-electron chi connectivity index (χ4n) is 2.51. The maximum atomic E-state index is 13.5. The van der Waals surface area contributed by atoms with Crippen molar-refractivity contribution in [3.8, 4) is 5.75 Å². The summed E-state index contributed by atoms with van der Waals surface area (Å²) in [6.45, 7) is 7.56. The topological polar surface area (TPSA) is 78.9 Å². The van der Waals surface area contributed by atoms with Crippen molar-refractivity contribution in [3.63, 3.8) is 0 Å². The van der Waals surface area contributed by atoms with E-state index in [-0.39, 0.29) is 29.1 Å². The van der Waals surface area contributed by atoms with Gasteiger partial charge >= 0.3 is 5.97 Å². The van der Waals surface area contributed by atoms with Crippen LogP contribution in [0.1, 0.15) is 33.6 Å². The number of carbonyl (C=O) groups excluding carboxylic acids is 1. The minimum absolute atomic E-state index is 0.00958. The molecular formula is C23H33F5O6S3. The number of ether oxygens (including phenoxy) is 3. The molecule has 0 fully saturated rings. The summed E-state index contributed by atoms with van der Waals surface area (Å²) in [5, 5.41) is 0. The van der Waals surface area contributed by atoms with Gasteiger partial charge in [-0.2, -0.15) is 32.3 Å². The molecule has 0 atom stereocenters. The second-order valence-corrected chi connectivity index (χ2v) is 13.8. The summed E-state index contributed by atoms with van der Waals surface area (Å²) >= 11 is 2.79. The van der Waals surface area contributed by atoms with E-state index < -0.39 is 50.6 Å². The second kappa shape index (κ2) is 16.8. The van der Waals surface area contributed by atoms with Crippen molar-refractivity contribution in [3.05, 3.63) is 29.1 Å². The van der Waals surface area contributed by atoms with E-state index in [1.165, 1.54) is 23.5 Å². The van der Waals surface area contributed by atoms with Gasteiger partial charge in [-0.1, -0.05) is 20.8 Å². The first-order valence-electron chi connectivity index (χ1n) is 11.5. The summed E-state index contributed by atoms with van der Waals surface area (Å²) in [5.41, 5.74) is -0.00958. The Bertz CT molecular complexity index is 942. The Balaban J connectivity index is 2.02. The lowest BCUT2D eigenvalue weighted by Gasteiger charge is -2.17. The average molecular weight is 597 g/mol. The number of carbonyl (C=O) groups is 1. The molecule has 1 aromatic carbocycles. The van der Waals surface area contributed by atoms with Crippen LogP contribution in [0.25, 0.3) is 0 Å². The van der Waals surface area contributed by atoms with Crippen LogP contribution >= 0.6 is 23.5 Å². The zero-order valence-electron chi connectivity index (χ0n) is 21.0. The Morgan fingerprint density at radius 3 is 1.73 bits per heavy atom. The van der Waals surface area contributed by atoms with Crippen LogP contribution in [-0.2, 0) is 24.1 Å². The van der Waals surface area contributed by atoms with Gasteiger partial charge in [0.05, 0.1) is 44.4 Å². The Morgan fingerprint density at radius 2 is 1.22 bits per heavy atom. The molecule has 0 spiro atoms. The molecule has 0 radical (unpaired) electrons. The monoisotopic (exact) mass is 596 g/mol. The highest BCUT2D eigenvalue weighted by atomic mass is 32.2. The molecule has 0 unspecified atom stereocenters. The van der Waals surface area contributed by atoms with E-state index in [0.29, 0.717) is 50.1 Å². The van der Waals surface area contributed by atoms with Crippen molar-refractivity contribution in [2.75, 3.05) is 60.9 Å². The predicted molar refractivity (Wildman–Crippen MR) is 135 cm³/mol. The van der Waals surface area contributed by atoms with Crippen molar-refractivity contribution < 1.29 is 49.4 Å². The van der Waals surface area contributed by atoms with E-state index in [2.05, 4.69) is 4.74 Å². The van der Waals surface area contributed by atoms with Gasteiger partial charge in [-0.15, -0.1) is 0 Å². The fourth-order valence-corrected chi connectivity index (χ4v) is 6.31. The van der Waals surface area contributed by atoms with Gasteiger partial charge in [-0.3, -0.25) is 4.79 Å². The molecule has 0 bridgehead atoms. The molecule has 0 aliphatic rings. The van der Waals surface area contributed by atoms with Crippen LogP contribution in [0.15, 0.2) is 0 Å². The average Bonchev–Trinajstić information content (AvgIpc) is 2.82. The van der Waals surface area contributed by atoms with Crippen LogP contribution in [0.2, 0.25) is 0 Å². The van der Waals surface area contributed by atoms with E-state index in [0.717, 1.165) is 0 Å². The summed E-state index contributed by atoms with van der Waals surface area (Å²) in [5.74, 6) is -11.6. The Kier molecular flexibility index (Phi) is 15.4. The smallest absolute Gasteiger partial charge is 0.312 e. The quantitative estimate of drug-likeness (QED) is 0.0584. The van der Waals surface area contributed by atoms with Gasteiger partial charge in [0.25, 0.3) is 0 Å². The minimum Gasteiger partial charge on any atom is -0.420 e. The maximum Gasteiger partial charge on any atom is 0.312 e. The highest BCUT2D eigenvalue weighted by Gasteiger charge is 2.28. The van der Waals surface area contributed by atoms with Crippen LogP contribution in [0.5, 0.6) is 5.75 Å². The number of benzene rings is 1. The number of sulfone groups is 1. The van der Waals surface area contributed by atoms with Crippen molar-refractivity contribution in [2.24, 2.45) is 5.41 Å². The molecule has 1 aromatic rings. The van der Waals surface area contributed by atoms with Gasteiger partial charge < -0.3 is 14.2 Å². The van der Waals surface area contributed by atoms with Crippen molar-refractivity contribution in [1.29, 1.82) is 0 Å². The minimum atomic E-state index is -3.04. The van der Waals surface area contributed by atoms with Crippen LogP contribution in [0, 0.1) is 34.5 Å². The zero-order chi connectivity index (χ0) is 28.1.